The summed E-state index contributed by atoms with van der Waals surface area (Å²) in [5.41, 5.74) is 3.01. The zero-order valence-electron chi connectivity index (χ0n) is 6.47. The number of aryl methyl sites for hydroxylation is 1. The van der Waals surface area contributed by atoms with E-state index in [1.165, 1.54) is 5.69 Å². The van der Waals surface area contributed by atoms with Crippen molar-refractivity contribution in [2.45, 2.75) is 19.3 Å². The van der Waals surface area contributed by atoms with Crippen LogP contribution in [0.15, 0.2) is 15.8 Å². The molecular weight excluding hydrogens is 220 g/mol. The molecule has 0 fully saturated rings. The van der Waals surface area contributed by atoms with Crippen molar-refractivity contribution in [3.05, 3.63) is 21.9 Å². The van der Waals surface area contributed by atoms with Crippen molar-refractivity contribution in [2.24, 2.45) is 5.16 Å². The number of hydrogen-bond acceptors (Lipinski definition) is 2. The van der Waals surface area contributed by atoms with Crippen molar-refractivity contribution in [3.8, 4) is 0 Å². The maximum atomic E-state index is 8.71. The first kappa shape index (κ1) is 7.86. The fourth-order valence-corrected chi connectivity index (χ4v) is 2.06. The van der Waals surface area contributed by atoms with Crippen LogP contribution in [0.3, 0.4) is 0 Å². The number of aromatic nitrogens is 1. The summed E-state index contributed by atoms with van der Waals surface area (Å²) < 4.78 is 0.954. The van der Waals surface area contributed by atoms with Crippen LogP contribution in [-0.2, 0) is 6.42 Å². The fraction of sp³-hybridized carbons (Fsp3) is 0.375. The van der Waals surface area contributed by atoms with E-state index in [9.17, 15) is 0 Å². The van der Waals surface area contributed by atoms with E-state index in [2.05, 4.69) is 26.1 Å². The molecule has 2 N–H and O–H groups in total. The van der Waals surface area contributed by atoms with Crippen LogP contribution in [0.5, 0.6) is 0 Å². The van der Waals surface area contributed by atoms with E-state index in [-0.39, 0.29) is 0 Å². The van der Waals surface area contributed by atoms with Crippen molar-refractivity contribution in [1.82, 2.24) is 4.98 Å². The van der Waals surface area contributed by atoms with Gasteiger partial charge >= 0.3 is 0 Å². The van der Waals surface area contributed by atoms with Gasteiger partial charge in [0.2, 0.25) is 0 Å². The average molecular weight is 229 g/mol. The second-order valence-corrected chi connectivity index (χ2v) is 3.76. The van der Waals surface area contributed by atoms with Crippen LogP contribution in [0, 0.1) is 0 Å². The summed E-state index contributed by atoms with van der Waals surface area (Å²) in [6.07, 6.45) is 2.97. The maximum Gasteiger partial charge on any atom is 0.0886 e. The van der Waals surface area contributed by atoms with E-state index < -0.39 is 0 Å². The lowest BCUT2D eigenvalue weighted by atomic mass is 9.96. The zero-order chi connectivity index (χ0) is 8.55. The van der Waals surface area contributed by atoms with E-state index in [0.29, 0.717) is 0 Å². The third-order valence-electron chi connectivity index (χ3n) is 2.14. The Morgan fingerprint density at radius 3 is 3.08 bits per heavy atom. The van der Waals surface area contributed by atoms with E-state index in [1.54, 1.807) is 0 Å². The molecule has 0 unspecified atom stereocenters. The lowest BCUT2D eigenvalue weighted by Gasteiger charge is -2.11. The van der Waals surface area contributed by atoms with Gasteiger partial charge in [0.05, 0.1) is 10.3 Å². The molecule has 0 bridgehead atoms. The van der Waals surface area contributed by atoms with Crippen LogP contribution < -0.4 is 0 Å². The highest BCUT2D eigenvalue weighted by atomic mass is 79.9. The van der Waals surface area contributed by atoms with Crippen molar-refractivity contribution in [3.63, 3.8) is 0 Å². The SMILES string of the molecule is O/N=C1\CCCc2[nH]c(Br)cc21. The first-order chi connectivity index (χ1) is 5.81. The van der Waals surface area contributed by atoms with Crippen LogP contribution in [0.2, 0.25) is 0 Å². The van der Waals surface area contributed by atoms with E-state index in [0.717, 1.165) is 35.1 Å². The number of hydrogen-bond donors (Lipinski definition) is 2. The minimum absolute atomic E-state index is 0.790. The highest BCUT2D eigenvalue weighted by Crippen LogP contribution is 2.24. The topological polar surface area (TPSA) is 48.4 Å². The minimum Gasteiger partial charge on any atom is -0.411 e. The van der Waals surface area contributed by atoms with Gasteiger partial charge < -0.3 is 10.2 Å². The van der Waals surface area contributed by atoms with E-state index >= 15 is 0 Å². The van der Waals surface area contributed by atoms with Crippen LogP contribution in [0.1, 0.15) is 24.1 Å². The molecule has 1 aliphatic rings. The van der Waals surface area contributed by atoms with Gasteiger partial charge in [-0.3, -0.25) is 0 Å². The third kappa shape index (κ3) is 1.16. The first-order valence-corrected chi connectivity index (χ1v) is 4.69. The lowest BCUT2D eigenvalue weighted by Crippen LogP contribution is -2.10. The second kappa shape index (κ2) is 2.94. The third-order valence-corrected chi connectivity index (χ3v) is 2.57. The Bertz CT molecular complexity index is 330. The molecule has 1 aromatic heterocycles. The first-order valence-electron chi connectivity index (χ1n) is 3.90. The van der Waals surface area contributed by atoms with Crippen LogP contribution >= 0.6 is 15.9 Å². The number of nitrogens with one attached hydrogen (secondary N) is 1. The molecule has 3 nitrogen and oxygen atoms in total. The van der Waals surface area contributed by atoms with Crippen molar-refractivity contribution < 1.29 is 5.21 Å². The summed E-state index contributed by atoms with van der Waals surface area (Å²) in [7, 11) is 0. The van der Waals surface area contributed by atoms with Gasteiger partial charge in [0.15, 0.2) is 0 Å². The number of rotatable bonds is 0. The number of fused-ring (bicyclic) bond motifs is 1. The summed E-state index contributed by atoms with van der Waals surface area (Å²) >= 11 is 3.36. The standard InChI is InChI=1S/C8H9BrN2O/c9-8-4-5-6(10-8)2-1-3-7(5)11-12/h4,10,12H,1-3H2/b11-7+. The monoisotopic (exact) mass is 228 g/mol. The molecule has 0 saturated carbocycles. The van der Waals surface area contributed by atoms with Gasteiger partial charge in [-0.15, -0.1) is 0 Å². The Balaban J connectivity index is 2.50. The Morgan fingerprint density at radius 1 is 1.50 bits per heavy atom. The molecule has 2 rings (SSSR count). The quantitative estimate of drug-likeness (QED) is 0.520. The Hall–Kier alpha value is -0.770. The average Bonchev–Trinajstić information content (AvgIpc) is 2.44. The largest absolute Gasteiger partial charge is 0.411 e. The number of nitrogens with zero attached hydrogens (tertiary/aromatic N) is 1. The molecule has 4 heteroatoms. The van der Waals surface area contributed by atoms with Gasteiger partial charge in [-0.1, -0.05) is 5.16 Å². The molecule has 1 aromatic rings. The molecule has 0 radical (unpaired) electrons. The molecule has 1 aliphatic carbocycles. The van der Waals surface area contributed by atoms with Crippen molar-refractivity contribution in [2.75, 3.05) is 0 Å². The van der Waals surface area contributed by atoms with Gasteiger partial charge in [-0.25, -0.2) is 0 Å². The molecule has 0 aromatic carbocycles. The summed E-state index contributed by atoms with van der Waals surface area (Å²) in [5, 5.41) is 12.0. The summed E-state index contributed by atoms with van der Waals surface area (Å²) in [4.78, 5) is 3.19. The van der Waals surface area contributed by atoms with E-state index in [1.807, 2.05) is 6.07 Å². The molecular formula is C8H9BrN2O. The second-order valence-electron chi connectivity index (χ2n) is 2.91. The van der Waals surface area contributed by atoms with Crippen molar-refractivity contribution >= 4 is 21.6 Å². The Morgan fingerprint density at radius 2 is 2.33 bits per heavy atom. The van der Waals surface area contributed by atoms with Crippen LogP contribution in [0.4, 0.5) is 0 Å². The Labute approximate surface area is 78.6 Å². The summed E-state index contributed by atoms with van der Waals surface area (Å²) in [5.74, 6) is 0. The van der Waals surface area contributed by atoms with E-state index in [4.69, 9.17) is 5.21 Å². The highest BCUT2D eigenvalue weighted by Gasteiger charge is 2.17. The van der Waals surface area contributed by atoms with Gasteiger partial charge in [0.25, 0.3) is 0 Å². The molecule has 12 heavy (non-hydrogen) atoms. The fourth-order valence-electron chi connectivity index (χ4n) is 1.59. The zero-order valence-corrected chi connectivity index (χ0v) is 8.06. The predicted octanol–water partition coefficient (Wildman–Crippen LogP) is 2.29. The molecule has 0 spiro atoms. The maximum absolute atomic E-state index is 8.71. The molecule has 0 amide bonds. The predicted molar refractivity (Wildman–Crippen MR) is 49.8 cm³/mol. The van der Waals surface area contributed by atoms with Gasteiger partial charge in [-0.05, 0) is 41.3 Å². The van der Waals surface area contributed by atoms with Crippen molar-refractivity contribution in [1.29, 1.82) is 0 Å². The number of H-pyrrole nitrogens is 1. The van der Waals surface area contributed by atoms with Crippen LogP contribution in [0.25, 0.3) is 0 Å². The summed E-state index contributed by atoms with van der Waals surface area (Å²) in [6, 6.07) is 1.96. The molecule has 1 heterocycles. The molecule has 0 saturated heterocycles. The normalized spacial score (nSPS) is 19.6. The lowest BCUT2D eigenvalue weighted by molar-refractivity contribution is 0.317. The smallest absolute Gasteiger partial charge is 0.0886 e. The minimum atomic E-state index is 0.790. The summed E-state index contributed by atoms with van der Waals surface area (Å²) in [6.45, 7) is 0. The number of aromatic amines is 1. The van der Waals surface area contributed by atoms with Gasteiger partial charge in [0.1, 0.15) is 0 Å². The molecule has 0 atom stereocenters. The number of halogens is 1. The molecule has 64 valence electrons. The van der Waals surface area contributed by atoms with Gasteiger partial charge in [-0.2, -0.15) is 0 Å². The number of oxime groups is 1. The van der Waals surface area contributed by atoms with Crippen LogP contribution in [-0.4, -0.2) is 15.9 Å². The highest BCUT2D eigenvalue weighted by molar-refractivity contribution is 9.10. The van der Waals surface area contributed by atoms with Gasteiger partial charge in [0, 0.05) is 11.3 Å². The Kier molecular flexibility index (Phi) is 1.92. The molecule has 0 aliphatic heterocycles.